The molecular weight excluding hydrogens is 166 g/mol. The molecule has 0 aromatic carbocycles. The maximum atomic E-state index is 11.1. The van der Waals surface area contributed by atoms with Crippen LogP contribution in [0.2, 0.25) is 0 Å². The topological polar surface area (TPSA) is 45.2 Å². The first kappa shape index (κ1) is 9.51. The lowest BCUT2D eigenvalue weighted by molar-refractivity contribution is 0.0963. The highest BCUT2D eigenvalue weighted by atomic mass is 16.1. The van der Waals surface area contributed by atoms with Crippen LogP contribution >= 0.6 is 0 Å². The molecule has 4 heteroatoms. The van der Waals surface area contributed by atoms with Crippen molar-refractivity contribution in [1.82, 2.24) is 10.3 Å². The maximum absolute atomic E-state index is 11.1. The van der Waals surface area contributed by atoms with E-state index in [2.05, 4.69) is 10.3 Å². The second-order valence-corrected chi connectivity index (χ2v) is 2.88. The molecule has 13 heavy (non-hydrogen) atoms. The Labute approximate surface area is 77.6 Å². The first-order valence-electron chi connectivity index (χ1n) is 4.00. The highest BCUT2D eigenvalue weighted by molar-refractivity contribution is 5.93. The summed E-state index contributed by atoms with van der Waals surface area (Å²) >= 11 is 0. The van der Waals surface area contributed by atoms with Gasteiger partial charge >= 0.3 is 0 Å². The fourth-order valence-corrected chi connectivity index (χ4v) is 0.929. The molecule has 1 amide bonds. The first-order chi connectivity index (χ1) is 6.15. The minimum Gasteiger partial charge on any atom is -0.363 e. The van der Waals surface area contributed by atoms with Crippen molar-refractivity contribution >= 4 is 11.7 Å². The van der Waals surface area contributed by atoms with Crippen LogP contribution in [0.5, 0.6) is 0 Å². The zero-order chi connectivity index (χ0) is 9.84. The van der Waals surface area contributed by atoms with E-state index < -0.39 is 0 Å². The van der Waals surface area contributed by atoms with Crippen LogP contribution in [0.4, 0.5) is 5.82 Å². The molecule has 0 aliphatic heterocycles. The van der Waals surface area contributed by atoms with Crippen molar-refractivity contribution in [2.75, 3.05) is 26.0 Å². The fraction of sp³-hybridized carbons (Fsp3) is 0.333. The quantitative estimate of drug-likeness (QED) is 0.719. The molecule has 1 aromatic heterocycles. The standard InChI is InChI=1S/C9H13N3O/c1-10-9(13)7-4-5-8(11-6-7)12(2)3/h4-6H,1-3H3,(H,10,13). The van der Waals surface area contributed by atoms with Gasteiger partial charge in [0.15, 0.2) is 0 Å². The van der Waals surface area contributed by atoms with E-state index >= 15 is 0 Å². The minimum absolute atomic E-state index is 0.113. The third-order valence-corrected chi connectivity index (χ3v) is 1.70. The Morgan fingerprint density at radius 2 is 2.15 bits per heavy atom. The average Bonchev–Trinajstić information content (AvgIpc) is 2.17. The predicted molar refractivity (Wildman–Crippen MR) is 52.0 cm³/mol. The molecule has 0 atom stereocenters. The minimum atomic E-state index is -0.113. The van der Waals surface area contributed by atoms with Gasteiger partial charge in [0.2, 0.25) is 0 Å². The highest BCUT2D eigenvalue weighted by Gasteiger charge is 2.03. The van der Waals surface area contributed by atoms with Crippen LogP contribution in [0.25, 0.3) is 0 Å². The van der Waals surface area contributed by atoms with Crippen LogP contribution in [-0.4, -0.2) is 32.0 Å². The van der Waals surface area contributed by atoms with Crippen molar-refractivity contribution in [2.24, 2.45) is 0 Å². The van der Waals surface area contributed by atoms with Gasteiger partial charge in [0.1, 0.15) is 5.82 Å². The second kappa shape index (κ2) is 3.89. The van der Waals surface area contributed by atoms with Gasteiger partial charge in [0, 0.05) is 27.3 Å². The number of rotatable bonds is 2. The molecule has 0 bridgehead atoms. The van der Waals surface area contributed by atoms with Crippen molar-refractivity contribution in [3.05, 3.63) is 23.9 Å². The summed E-state index contributed by atoms with van der Waals surface area (Å²) in [5.41, 5.74) is 0.577. The number of amides is 1. The number of nitrogens with zero attached hydrogens (tertiary/aromatic N) is 2. The van der Waals surface area contributed by atoms with Gasteiger partial charge in [-0.1, -0.05) is 0 Å². The van der Waals surface area contributed by atoms with E-state index in [4.69, 9.17) is 0 Å². The maximum Gasteiger partial charge on any atom is 0.252 e. The van der Waals surface area contributed by atoms with E-state index in [9.17, 15) is 4.79 Å². The summed E-state index contributed by atoms with van der Waals surface area (Å²) in [7, 11) is 5.41. The Hall–Kier alpha value is -1.58. The summed E-state index contributed by atoms with van der Waals surface area (Å²) in [4.78, 5) is 17.1. The van der Waals surface area contributed by atoms with E-state index in [1.54, 1.807) is 19.3 Å². The van der Waals surface area contributed by atoms with Crippen molar-refractivity contribution in [3.8, 4) is 0 Å². The number of hydrogen-bond acceptors (Lipinski definition) is 3. The summed E-state index contributed by atoms with van der Waals surface area (Å²) in [6, 6.07) is 3.56. The third kappa shape index (κ3) is 2.18. The molecule has 0 saturated heterocycles. The van der Waals surface area contributed by atoms with Gasteiger partial charge < -0.3 is 10.2 Å². The molecule has 0 spiro atoms. The van der Waals surface area contributed by atoms with Gasteiger partial charge in [-0.2, -0.15) is 0 Å². The second-order valence-electron chi connectivity index (χ2n) is 2.88. The Bertz CT molecular complexity index is 292. The summed E-state index contributed by atoms with van der Waals surface area (Å²) in [6.45, 7) is 0. The van der Waals surface area contributed by atoms with Gasteiger partial charge in [-0.25, -0.2) is 4.98 Å². The number of aromatic nitrogens is 1. The number of nitrogens with one attached hydrogen (secondary N) is 1. The number of pyridine rings is 1. The summed E-state index contributed by atoms with van der Waals surface area (Å²) in [5, 5.41) is 2.54. The van der Waals surface area contributed by atoms with Crippen LogP contribution in [0.15, 0.2) is 18.3 Å². The molecule has 0 unspecified atom stereocenters. The van der Waals surface area contributed by atoms with Crippen molar-refractivity contribution in [1.29, 1.82) is 0 Å². The number of carbonyl (C=O) groups excluding carboxylic acids is 1. The molecule has 4 nitrogen and oxygen atoms in total. The summed E-state index contributed by atoms with van der Waals surface area (Å²) in [5.74, 6) is 0.727. The third-order valence-electron chi connectivity index (χ3n) is 1.70. The van der Waals surface area contributed by atoms with Gasteiger partial charge in [0.05, 0.1) is 5.56 Å². The van der Waals surface area contributed by atoms with Gasteiger partial charge in [0.25, 0.3) is 5.91 Å². The number of anilines is 1. The molecule has 0 saturated carbocycles. The molecule has 1 aromatic rings. The summed E-state index contributed by atoms with van der Waals surface area (Å²) < 4.78 is 0. The fourth-order valence-electron chi connectivity index (χ4n) is 0.929. The Morgan fingerprint density at radius 3 is 2.54 bits per heavy atom. The highest BCUT2D eigenvalue weighted by Crippen LogP contribution is 2.07. The van der Waals surface area contributed by atoms with Crippen LogP contribution in [0.1, 0.15) is 10.4 Å². The van der Waals surface area contributed by atoms with E-state index in [-0.39, 0.29) is 5.91 Å². The lowest BCUT2D eigenvalue weighted by Crippen LogP contribution is -2.18. The molecule has 1 rings (SSSR count). The Balaban J connectivity index is 2.87. The lowest BCUT2D eigenvalue weighted by atomic mass is 10.2. The van der Waals surface area contributed by atoms with Crippen LogP contribution < -0.4 is 10.2 Å². The van der Waals surface area contributed by atoms with Gasteiger partial charge in [-0.3, -0.25) is 4.79 Å². The van der Waals surface area contributed by atoms with Crippen LogP contribution in [-0.2, 0) is 0 Å². The average molecular weight is 179 g/mol. The summed E-state index contributed by atoms with van der Waals surface area (Å²) in [6.07, 6.45) is 1.56. The smallest absolute Gasteiger partial charge is 0.252 e. The lowest BCUT2D eigenvalue weighted by Gasteiger charge is -2.10. The van der Waals surface area contributed by atoms with E-state index in [1.165, 1.54) is 0 Å². The molecular formula is C9H13N3O. The van der Waals surface area contributed by atoms with Crippen molar-refractivity contribution in [3.63, 3.8) is 0 Å². The molecule has 1 N–H and O–H groups in total. The van der Waals surface area contributed by atoms with Gasteiger partial charge in [-0.05, 0) is 12.1 Å². The van der Waals surface area contributed by atoms with Crippen LogP contribution in [0.3, 0.4) is 0 Å². The Morgan fingerprint density at radius 1 is 1.46 bits per heavy atom. The molecule has 0 aliphatic rings. The van der Waals surface area contributed by atoms with E-state index in [1.807, 2.05) is 25.1 Å². The van der Waals surface area contributed by atoms with Crippen LogP contribution in [0, 0.1) is 0 Å². The monoisotopic (exact) mass is 179 g/mol. The normalized spacial score (nSPS) is 9.46. The number of hydrogen-bond donors (Lipinski definition) is 1. The molecule has 0 aliphatic carbocycles. The SMILES string of the molecule is CNC(=O)c1ccc(N(C)C)nc1. The Kier molecular flexibility index (Phi) is 2.84. The largest absolute Gasteiger partial charge is 0.363 e. The number of carbonyl (C=O) groups is 1. The van der Waals surface area contributed by atoms with Crippen molar-refractivity contribution < 1.29 is 4.79 Å². The predicted octanol–water partition coefficient (Wildman–Crippen LogP) is 0.507. The zero-order valence-corrected chi connectivity index (χ0v) is 8.03. The van der Waals surface area contributed by atoms with E-state index in [0.717, 1.165) is 5.82 Å². The molecule has 0 radical (unpaired) electrons. The van der Waals surface area contributed by atoms with Gasteiger partial charge in [-0.15, -0.1) is 0 Å². The van der Waals surface area contributed by atoms with E-state index in [0.29, 0.717) is 5.56 Å². The molecule has 0 fully saturated rings. The van der Waals surface area contributed by atoms with Crippen molar-refractivity contribution in [2.45, 2.75) is 0 Å². The molecule has 1 heterocycles. The zero-order valence-electron chi connectivity index (χ0n) is 8.03. The molecule has 70 valence electrons. The first-order valence-corrected chi connectivity index (χ1v) is 4.00.